The molecule has 1 atom stereocenters. The van der Waals surface area contributed by atoms with Crippen molar-refractivity contribution in [2.75, 3.05) is 37.8 Å². The average molecular weight is 289 g/mol. The minimum Gasteiger partial charge on any atom is -0.382 e. The fourth-order valence-electron chi connectivity index (χ4n) is 2.64. The molecule has 6 heteroatoms. The zero-order valence-electron chi connectivity index (χ0n) is 11.8. The summed E-state index contributed by atoms with van der Waals surface area (Å²) in [7, 11) is 4.27. The largest absolute Gasteiger partial charge is 0.382 e. The molecule has 0 saturated carbocycles. The van der Waals surface area contributed by atoms with E-state index in [1.165, 1.54) is 23.0 Å². The second kappa shape index (κ2) is 5.38. The number of nitrogens with two attached hydrogens (primary N) is 1. The van der Waals surface area contributed by atoms with Crippen LogP contribution >= 0.6 is 11.5 Å². The smallest absolute Gasteiger partial charge is 0.147 e. The molecule has 2 aromatic rings. The lowest BCUT2D eigenvalue weighted by atomic mass is 10.1. The van der Waals surface area contributed by atoms with Crippen LogP contribution in [0.3, 0.4) is 0 Å². The zero-order chi connectivity index (χ0) is 14.1. The van der Waals surface area contributed by atoms with Gasteiger partial charge in [0, 0.05) is 37.1 Å². The van der Waals surface area contributed by atoms with Gasteiger partial charge in [0.2, 0.25) is 0 Å². The molecule has 2 N–H and O–H groups in total. The second-order valence-electron chi connectivity index (χ2n) is 5.34. The lowest BCUT2D eigenvalue weighted by Gasteiger charge is -2.21. The summed E-state index contributed by atoms with van der Waals surface area (Å²) in [6.07, 6.45) is 4.80. The second-order valence-corrected chi connectivity index (χ2v) is 6.09. The van der Waals surface area contributed by atoms with Crippen LogP contribution in [0.2, 0.25) is 0 Å². The van der Waals surface area contributed by atoms with Gasteiger partial charge in [-0.2, -0.15) is 4.37 Å². The highest BCUT2D eigenvalue weighted by molar-refractivity contribution is 7.11. The summed E-state index contributed by atoms with van der Waals surface area (Å²) in [5.41, 5.74) is 8.14. The Hall–Kier alpha value is -1.66. The summed E-state index contributed by atoms with van der Waals surface area (Å²) < 4.78 is 4.34. The molecule has 0 aliphatic carbocycles. The van der Waals surface area contributed by atoms with E-state index in [0.717, 1.165) is 24.2 Å². The van der Waals surface area contributed by atoms with Crippen molar-refractivity contribution >= 4 is 22.4 Å². The molecule has 3 heterocycles. The summed E-state index contributed by atoms with van der Waals surface area (Å²) >= 11 is 1.49. The maximum Gasteiger partial charge on any atom is 0.147 e. The highest BCUT2D eigenvalue weighted by Gasteiger charge is 2.28. The first-order chi connectivity index (χ1) is 9.66. The van der Waals surface area contributed by atoms with Crippen LogP contribution in [0.25, 0.3) is 11.1 Å². The van der Waals surface area contributed by atoms with Crippen molar-refractivity contribution in [2.24, 2.45) is 0 Å². The lowest BCUT2D eigenvalue weighted by Crippen LogP contribution is -2.31. The van der Waals surface area contributed by atoms with E-state index in [9.17, 15) is 0 Å². The molecule has 3 rings (SSSR count). The predicted octanol–water partition coefficient (Wildman–Crippen LogP) is 1.93. The fourth-order valence-corrected chi connectivity index (χ4v) is 3.51. The van der Waals surface area contributed by atoms with E-state index in [1.54, 1.807) is 6.20 Å². The number of aromatic nitrogens is 2. The van der Waals surface area contributed by atoms with E-state index in [-0.39, 0.29) is 0 Å². The molecule has 0 bridgehead atoms. The summed E-state index contributed by atoms with van der Waals surface area (Å²) in [5.74, 6) is 0.603. The Kier molecular flexibility index (Phi) is 3.58. The van der Waals surface area contributed by atoms with Crippen LogP contribution in [0.1, 0.15) is 6.42 Å². The highest BCUT2D eigenvalue weighted by atomic mass is 32.1. The van der Waals surface area contributed by atoms with Crippen molar-refractivity contribution in [3.8, 4) is 11.1 Å². The summed E-state index contributed by atoms with van der Waals surface area (Å²) in [4.78, 5) is 8.86. The molecular formula is C14H19N5S. The van der Waals surface area contributed by atoms with E-state index >= 15 is 0 Å². The van der Waals surface area contributed by atoms with Crippen molar-refractivity contribution in [1.82, 2.24) is 14.3 Å². The molecule has 106 valence electrons. The molecule has 1 saturated heterocycles. The van der Waals surface area contributed by atoms with Crippen LogP contribution in [-0.2, 0) is 0 Å². The zero-order valence-corrected chi connectivity index (χ0v) is 12.6. The van der Waals surface area contributed by atoms with Crippen molar-refractivity contribution in [1.29, 1.82) is 0 Å². The number of nitrogen functional groups attached to an aromatic ring is 1. The van der Waals surface area contributed by atoms with Crippen molar-refractivity contribution < 1.29 is 0 Å². The molecule has 1 aliphatic rings. The number of nitrogens with zero attached hydrogens (tertiary/aromatic N) is 4. The van der Waals surface area contributed by atoms with Gasteiger partial charge in [0.05, 0.1) is 5.56 Å². The quantitative estimate of drug-likeness (QED) is 0.935. The normalized spacial score (nSPS) is 18.9. The minimum atomic E-state index is 0.597. The Morgan fingerprint density at radius 3 is 2.95 bits per heavy atom. The van der Waals surface area contributed by atoms with Gasteiger partial charge in [-0.15, -0.1) is 0 Å². The molecule has 1 aliphatic heterocycles. The molecule has 20 heavy (non-hydrogen) atoms. The monoisotopic (exact) mass is 289 g/mol. The molecule has 0 amide bonds. The van der Waals surface area contributed by atoms with Crippen molar-refractivity contribution in [2.45, 2.75) is 12.5 Å². The van der Waals surface area contributed by atoms with Gasteiger partial charge >= 0.3 is 0 Å². The van der Waals surface area contributed by atoms with E-state index < -0.39 is 0 Å². The number of rotatable bonds is 3. The van der Waals surface area contributed by atoms with Gasteiger partial charge in [-0.3, -0.25) is 4.98 Å². The SMILES string of the molecule is CN(C)C1CCN(c2snc(N)c2-c2cccnc2)C1. The topological polar surface area (TPSA) is 58.3 Å². The Balaban J connectivity index is 1.93. The van der Waals surface area contributed by atoms with Crippen LogP contribution in [-0.4, -0.2) is 47.5 Å². The standard InChI is InChI=1S/C14H19N5S/c1-18(2)11-5-7-19(9-11)14-12(13(15)17-20-14)10-4-3-6-16-8-10/h3-4,6,8,11H,5,7,9H2,1-2H3,(H2,15,17). The first-order valence-electron chi connectivity index (χ1n) is 6.73. The van der Waals surface area contributed by atoms with Gasteiger partial charge in [0.15, 0.2) is 0 Å². The van der Waals surface area contributed by atoms with Crippen LogP contribution in [0.4, 0.5) is 10.8 Å². The number of pyridine rings is 1. The Labute approximate surface area is 123 Å². The predicted molar refractivity (Wildman–Crippen MR) is 84.1 cm³/mol. The van der Waals surface area contributed by atoms with Gasteiger partial charge in [0.25, 0.3) is 0 Å². The number of hydrogen-bond acceptors (Lipinski definition) is 6. The lowest BCUT2D eigenvalue weighted by molar-refractivity contribution is 0.315. The maximum atomic E-state index is 6.07. The Morgan fingerprint density at radius 2 is 2.30 bits per heavy atom. The maximum absolute atomic E-state index is 6.07. The van der Waals surface area contributed by atoms with Gasteiger partial charge in [-0.1, -0.05) is 6.07 Å². The first-order valence-corrected chi connectivity index (χ1v) is 7.51. The minimum absolute atomic E-state index is 0.597. The van der Waals surface area contributed by atoms with Crippen LogP contribution in [0, 0.1) is 0 Å². The molecular weight excluding hydrogens is 270 g/mol. The third-order valence-electron chi connectivity index (χ3n) is 3.83. The Bertz CT molecular complexity index is 581. The summed E-state index contributed by atoms with van der Waals surface area (Å²) in [6, 6.07) is 4.57. The molecule has 1 unspecified atom stereocenters. The number of anilines is 2. The molecule has 2 aromatic heterocycles. The average Bonchev–Trinajstić information content (AvgIpc) is 3.06. The highest BCUT2D eigenvalue weighted by Crippen LogP contribution is 2.40. The molecule has 0 spiro atoms. The van der Waals surface area contributed by atoms with E-state index in [4.69, 9.17) is 5.73 Å². The van der Waals surface area contributed by atoms with Crippen molar-refractivity contribution in [3.63, 3.8) is 0 Å². The van der Waals surface area contributed by atoms with Gasteiger partial charge in [-0.25, -0.2) is 0 Å². The van der Waals surface area contributed by atoms with Crippen LogP contribution in [0.15, 0.2) is 24.5 Å². The third-order valence-corrected chi connectivity index (χ3v) is 4.75. The Morgan fingerprint density at radius 1 is 1.45 bits per heavy atom. The number of hydrogen-bond donors (Lipinski definition) is 1. The summed E-state index contributed by atoms with van der Waals surface area (Å²) in [6.45, 7) is 2.08. The van der Waals surface area contributed by atoms with Crippen molar-refractivity contribution in [3.05, 3.63) is 24.5 Å². The molecule has 5 nitrogen and oxygen atoms in total. The third kappa shape index (κ3) is 2.36. The fraction of sp³-hybridized carbons (Fsp3) is 0.429. The van der Waals surface area contributed by atoms with Gasteiger partial charge in [-0.05, 0) is 38.1 Å². The van der Waals surface area contributed by atoms with E-state index in [2.05, 4.69) is 33.3 Å². The summed E-state index contributed by atoms with van der Waals surface area (Å²) in [5, 5.41) is 1.17. The molecule has 1 fully saturated rings. The molecule has 0 radical (unpaired) electrons. The van der Waals surface area contributed by atoms with Crippen LogP contribution < -0.4 is 10.6 Å². The van der Waals surface area contributed by atoms with Gasteiger partial charge in [0.1, 0.15) is 10.8 Å². The number of likely N-dealkylation sites (N-methyl/N-ethyl adjacent to an activating group) is 1. The van der Waals surface area contributed by atoms with Gasteiger partial charge < -0.3 is 15.5 Å². The molecule has 0 aromatic carbocycles. The van der Waals surface area contributed by atoms with Crippen LogP contribution in [0.5, 0.6) is 0 Å². The first kappa shape index (κ1) is 13.3. The van der Waals surface area contributed by atoms with E-state index in [1.807, 2.05) is 18.3 Å². The van der Waals surface area contributed by atoms with E-state index in [0.29, 0.717) is 11.9 Å².